The topological polar surface area (TPSA) is 116 Å². The minimum Gasteiger partial charge on any atom is -0.462 e. The van der Waals surface area contributed by atoms with Gasteiger partial charge < -0.3 is 10.5 Å². The van der Waals surface area contributed by atoms with E-state index in [4.69, 9.17) is 10.5 Å². The summed E-state index contributed by atoms with van der Waals surface area (Å²) in [7, 11) is -3.81. The maximum atomic E-state index is 11.7. The molecule has 0 fully saturated rings. The quantitative estimate of drug-likeness (QED) is 0.692. The van der Waals surface area contributed by atoms with Crippen LogP contribution in [0.5, 0.6) is 0 Å². The molecule has 0 aliphatic rings. The highest BCUT2D eigenvalue weighted by molar-refractivity contribution is 7.89. The summed E-state index contributed by atoms with van der Waals surface area (Å²) in [6.45, 7) is 1.42. The molecule has 0 aliphatic carbocycles. The molecule has 1 rings (SSSR count). The van der Waals surface area contributed by atoms with Crippen molar-refractivity contribution in [2.45, 2.75) is 11.8 Å². The number of rotatable bonds is 6. The van der Waals surface area contributed by atoms with Crippen molar-refractivity contribution < 1.29 is 22.7 Å². The SMILES string of the molecule is CCOC(=O)c1ccc(S(=O)(=O)NCC(N)=O)cc1. The Kier molecular flexibility index (Phi) is 5.02. The van der Waals surface area contributed by atoms with Gasteiger partial charge in [0.2, 0.25) is 15.9 Å². The third kappa shape index (κ3) is 4.34. The summed E-state index contributed by atoms with van der Waals surface area (Å²) in [5.41, 5.74) is 5.09. The van der Waals surface area contributed by atoms with Gasteiger partial charge in [-0.15, -0.1) is 0 Å². The standard InChI is InChI=1S/C11H14N2O5S/c1-2-18-11(15)8-3-5-9(6-4-8)19(16,17)13-7-10(12)14/h3-6,13H,2,7H2,1H3,(H2,12,14). The van der Waals surface area contributed by atoms with E-state index >= 15 is 0 Å². The first-order valence-electron chi connectivity index (χ1n) is 5.42. The fourth-order valence-corrected chi connectivity index (χ4v) is 2.23. The molecule has 0 aliphatic heterocycles. The van der Waals surface area contributed by atoms with E-state index in [1.807, 2.05) is 4.72 Å². The van der Waals surface area contributed by atoms with Crippen molar-refractivity contribution in [3.05, 3.63) is 29.8 Å². The van der Waals surface area contributed by atoms with E-state index in [1.54, 1.807) is 6.92 Å². The van der Waals surface area contributed by atoms with Crippen molar-refractivity contribution in [1.29, 1.82) is 0 Å². The Morgan fingerprint density at radius 1 is 1.26 bits per heavy atom. The van der Waals surface area contributed by atoms with Crippen LogP contribution < -0.4 is 10.5 Å². The van der Waals surface area contributed by atoms with Gasteiger partial charge in [-0.1, -0.05) is 0 Å². The predicted molar refractivity (Wildman–Crippen MR) is 66.8 cm³/mol. The van der Waals surface area contributed by atoms with E-state index in [0.717, 1.165) is 0 Å². The van der Waals surface area contributed by atoms with Crippen molar-refractivity contribution in [2.75, 3.05) is 13.2 Å². The van der Waals surface area contributed by atoms with Gasteiger partial charge in [-0.25, -0.2) is 17.9 Å². The molecule has 0 saturated carbocycles. The van der Waals surface area contributed by atoms with Gasteiger partial charge in [0.25, 0.3) is 0 Å². The Hall–Kier alpha value is -1.93. The first kappa shape index (κ1) is 15.1. The summed E-state index contributed by atoms with van der Waals surface area (Å²) in [5, 5.41) is 0. The zero-order chi connectivity index (χ0) is 14.5. The van der Waals surface area contributed by atoms with E-state index in [1.165, 1.54) is 24.3 Å². The number of hydrogen-bond acceptors (Lipinski definition) is 5. The van der Waals surface area contributed by atoms with E-state index < -0.39 is 28.4 Å². The van der Waals surface area contributed by atoms with Gasteiger partial charge in [0, 0.05) is 0 Å². The van der Waals surface area contributed by atoms with Crippen molar-refractivity contribution in [1.82, 2.24) is 4.72 Å². The largest absolute Gasteiger partial charge is 0.462 e. The minimum absolute atomic E-state index is 0.0678. The molecule has 0 atom stereocenters. The number of esters is 1. The van der Waals surface area contributed by atoms with Crippen LogP contribution in [0.4, 0.5) is 0 Å². The molecule has 0 spiro atoms. The predicted octanol–water partition coefficient (Wildman–Crippen LogP) is -0.373. The van der Waals surface area contributed by atoms with Gasteiger partial charge in [0.05, 0.1) is 23.6 Å². The Bertz CT molecular complexity index is 565. The van der Waals surface area contributed by atoms with Gasteiger partial charge >= 0.3 is 5.97 Å². The zero-order valence-corrected chi connectivity index (χ0v) is 11.1. The molecule has 104 valence electrons. The third-order valence-electron chi connectivity index (χ3n) is 2.11. The maximum absolute atomic E-state index is 11.7. The Balaban J connectivity index is 2.86. The lowest BCUT2D eigenvalue weighted by Crippen LogP contribution is -2.33. The summed E-state index contributed by atoms with van der Waals surface area (Å²) in [5.74, 6) is -1.32. The molecule has 7 nitrogen and oxygen atoms in total. The van der Waals surface area contributed by atoms with E-state index in [0.29, 0.717) is 0 Å². The average molecular weight is 286 g/mol. The molecular formula is C11H14N2O5S. The number of benzene rings is 1. The minimum atomic E-state index is -3.81. The first-order chi connectivity index (χ1) is 8.86. The Morgan fingerprint density at radius 2 is 1.84 bits per heavy atom. The molecule has 8 heteroatoms. The molecule has 1 aromatic carbocycles. The highest BCUT2D eigenvalue weighted by Gasteiger charge is 2.15. The highest BCUT2D eigenvalue weighted by atomic mass is 32.2. The fourth-order valence-electron chi connectivity index (χ4n) is 1.23. The van der Waals surface area contributed by atoms with Gasteiger partial charge in [0.1, 0.15) is 0 Å². The number of carbonyl (C=O) groups excluding carboxylic acids is 2. The number of amides is 1. The highest BCUT2D eigenvalue weighted by Crippen LogP contribution is 2.11. The van der Waals surface area contributed by atoms with Crippen molar-refractivity contribution >= 4 is 21.9 Å². The van der Waals surface area contributed by atoms with Crippen LogP contribution in [0.3, 0.4) is 0 Å². The lowest BCUT2D eigenvalue weighted by Gasteiger charge is -2.06. The van der Waals surface area contributed by atoms with Gasteiger partial charge in [-0.2, -0.15) is 0 Å². The van der Waals surface area contributed by atoms with Crippen LogP contribution in [0.15, 0.2) is 29.2 Å². The molecule has 1 amide bonds. The van der Waals surface area contributed by atoms with Crippen LogP contribution in [0.1, 0.15) is 17.3 Å². The molecule has 0 aromatic heterocycles. The molecule has 0 heterocycles. The number of ether oxygens (including phenoxy) is 1. The summed E-state index contributed by atoms with van der Waals surface area (Å²) in [4.78, 5) is 21.8. The monoisotopic (exact) mass is 286 g/mol. The third-order valence-corrected chi connectivity index (χ3v) is 3.53. The molecule has 0 saturated heterocycles. The van der Waals surface area contributed by atoms with Crippen LogP contribution in [-0.4, -0.2) is 33.4 Å². The van der Waals surface area contributed by atoms with E-state index in [-0.39, 0.29) is 17.1 Å². The molecule has 0 radical (unpaired) electrons. The molecular weight excluding hydrogens is 272 g/mol. The number of carbonyl (C=O) groups is 2. The number of sulfonamides is 1. The summed E-state index contributed by atoms with van der Waals surface area (Å²) < 4.78 is 30.2. The van der Waals surface area contributed by atoms with E-state index in [9.17, 15) is 18.0 Å². The van der Waals surface area contributed by atoms with Crippen LogP contribution >= 0.6 is 0 Å². The van der Waals surface area contributed by atoms with Gasteiger partial charge in [-0.05, 0) is 31.2 Å². The second-order valence-corrected chi connectivity index (χ2v) is 5.30. The first-order valence-corrected chi connectivity index (χ1v) is 6.90. The average Bonchev–Trinajstić information content (AvgIpc) is 2.37. The second-order valence-electron chi connectivity index (χ2n) is 3.54. The fraction of sp³-hybridized carbons (Fsp3) is 0.273. The number of primary amides is 1. The lowest BCUT2D eigenvalue weighted by molar-refractivity contribution is -0.116. The van der Waals surface area contributed by atoms with Gasteiger partial charge in [0.15, 0.2) is 0 Å². The lowest BCUT2D eigenvalue weighted by atomic mass is 10.2. The number of hydrogen-bond donors (Lipinski definition) is 2. The van der Waals surface area contributed by atoms with Crippen LogP contribution in [-0.2, 0) is 19.6 Å². The maximum Gasteiger partial charge on any atom is 0.338 e. The molecule has 0 unspecified atom stereocenters. The number of nitrogens with one attached hydrogen (secondary N) is 1. The second kappa shape index (κ2) is 6.30. The Labute approximate surface area is 110 Å². The smallest absolute Gasteiger partial charge is 0.338 e. The van der Waals surface area contributed by atoms with Crippen molar-refractivity contribution in [3.63, 3.8) is 0 Å². The Morgan fingerprint density at radius 3 is 2.32 bits per heavy atom. The normalized spacial score (nSPS) is 11.0. The summed E-state index contributed by atoms with van der Waals surface area (Å²) in [6.07, 6.45) is 0. The van der Waals surface area contributed by atoms with Crippen molar-refractivity contribution in [2.24, 2.45) is 5.73 Å². The van der Waals surface area contributed by atoms with Crippen molar-refractivity contribution in [3.8, 4) is 0 Å². The molecule has 0 bridgehead atoms. The molecule has 1 aromatic rings. The molecule has 19 heavy (non-hydrogen) atoms. The van der Waals surface area contributed by atoms with Gasteiger partial charge in [-0.3, -0.25) is 4.79 Å². The van der Waals surface area contributed by atoms with Crippen LogP contribution in [0, 0.1) is 0 Å². The van der Waals surface area contributed by atoms with Crippen LogP contribution in [0.25, 0.3) is 0 Å². The number of nitrogens with two attached hydrogens (primary N) is 1. The zero-order valence-electron chi connectivity index (χ0n) is 10.3. The van der Waals surface area contributed by atoms with E-state index in [2.05, 4.69) is 0 Å². The van der Waals surface area contributed by atoms with Crippen LogP contribution in [0.2, 0.25) is 0 Å². The molecule has 3 N–H and O–H groups in total. The summed E-state index contributed by atoms with van der Waals surface area (Å²) >= 11 is 0. The summed E-state index contributed by atoms with van der Waals surface area (Å²) in [6, 6.07) is 5.15.